The fraction of sp³-hybridized carbons (Fsp3) is 0.667. The molecule has 4 rings (SSSR count). The van der Waals surface area contributed by atoms with Gasteiger partial charge in [-0.1, -0.05) is 12.8 Å². The van der Waals surface area contributed by atoms with Gasteiger partial charge in [-0.2, -0.15) is 5.10 Å². The molecule has 1 aliphatic carbocycles. The fourth-order valence-electron chi connectivity index (χ4n) is 4.68. The molecule has 3 aliphatic rings. The molecule has 1 aromatic heterocycles. The van der Waals surface area contributed by atoms with E-state index in [1.54, 1.807) is 16.6 Å². The first-order chi connectivity index (χ1) is 12.5. The van der Waals surface area contributed by atoms with Crippen LogP contribution in [0.5, 0.6) is 0 Å². The van der Waals surface area contributed by atoms with Crippen LogP contribution in [0.15, 0.2) is 0 Å². The molecule has 2 fully saturated rings. The lowest BCUT2D eigenvalue weighted by Crippen LogP contribution is -2.41. The van der Waals surface area contributed by atoms with Crippen molar-refractivity contribution in [3.63, 3.8) is 0 Å². The molecule has 1 N–H and O–H groups in total. The molecule has 1 atom stereocenters. The van der Waals surface area contributed by atoms with Crippen LogP contribution in [-0.2, 0) is 29.6 Å². The van der Waals surface area contributed by atoms with Crippen LogP contribution >= 0.6 is 0 Å². The molecule has 0 radical (unpaired) electrons. The highest BCUT2D eigenvalue weighted by Gasteiger charge is 2.41. The van der Waals surface area contributed by atoms with Crippen LogP contribution in [0, 0.1) is 5.92 Å². The number of rotatable bonds is 3. The monoisotopic (exact) mass is 360 g/mol. The molecule has 1 saturated carbocycles. The third-order valence-corrected chi connectivity index (χ3v) is 6.03. The SMILES string of the molecule is Cn1nc(C(=O)O)c2c1CCN(C(=O)C1CC(=O)N(C3CCCC3)C1)C2. The third kappa shape index (κ3) is 2.77. The third-order valence-electron chi connectivity index (χ3n) is 6.03. The van der Waals surface area contributed by atoms with Crippen molar-refractivity contribution in [3.05, 3.63) is 17.0 Å². The number of aromatic nitrogens is 2. The molecule has 0 bridgehead atoms. The minimum atomic E-state index is -1.07. The lowest BCUT2D eigenvalue weighted by atomic mass is 10.0. The summed E-state index contributed by atoms with van der Waals surface area (Å²) in [7, 11) is 1.73. The normalized spacial score (nSPS) is 23.6. The molecular formula is C18H24N4O4. The van der Waals surface area contributed by atoms with Crippen LogP contribution in [0.4, 0.5) is 0 Å². The molecule has 1 saturated heterocycles. The number of amides is 2. The quantitative estimate of drug-likeness (QED) is 0.860. The average molecular weight is 360 g/mol. The summed E-state index contributed by atoms with van der Waals surface area (Å²) in [5, 5.41) is 13.4. The number of fused-ring (bicyclic) bond motifs is 1. The lowest BCUT2D eigenvalue weighted by Gasteiger charge is -2.30. The van der Waals surface area contributed by atoms with E-state index in [2.05, 4.69) is 5.10 Å². The van der Waals surface area contributed by atoms with Crippen LogP contribution in [-0.4, -0.2) is 61.6 Å². The number of aryl methyl sites for hydroxylation is 1. The Kier molecular flexibility index (Phi) is 4.20. The van der Waals surface area contributed by atoms with Gasteiger partial charge in [-0.25, -0.2) is 4.79 Å². The van der Waals surface area contributed by atoms with E-state index in [1.165, 1.54) is 0 Å². The molecule has 3 heterocycles. The zero-order chi connectivity index (χ0) is 18.4. The Labute approximate surface area is 151 Å². The molecule has 140 valence electrons. The number of carboxylic acids is 1. The molecule has 0 spiro atoms. The van der Waals surface area contributed by atoms with Crippen molar-refractivity contribution in [1.82, 2.24) is 19.6 Å². The van der Waals surface area contributed by atoms with E-state index in [0.717, 1.165) is 31.4 Å². The first-order valence-electron chi connectivity index (χ1n) is 9.32. The van der Waals surface area contributed by atoms with Crippen molar-refractivity contribution in [2.75, 3.05) is 13.1 Å². The standard InChI is InChI=1S/C18H24N4O4/c1-20-14-6-7-21(10-13(14)16(19-20)18(25)26)17(24)11-8-15(23)22(9-11)12-4-2-3-5-12/h11-12H,2-10H2,1H3,(H,25,26). The van der Waals surface area contributed by atoms with Gasteiger partial charge in [0.25, 0.3) is 0 Å². The maximum atomic E-state index is 13.0. The van der Waals surface area contributed by atoms with E-state index in [4.69, 9.17) is 0 Å². The summed E-state index contributed by atoms with van der Waals surface area (Å²) in [5.74, 6) is -1.33. The van der Waals surface area contributed by atoms with E-state index in [9.17, 15) is 19.5 Å². The Balaban J connectivity index is 1.48. The van der Waals surface area contributed by atoms with Crippen molar-refractivity contribution >= 4 is 17.8 Å². The number of nitrogens with zero attached hydrogens (tertiary/aromatic N) is 4. The molecule has 8 nitrogen and oxygen atoms in total. The summed E-state index contributed by atoms with van der Waals surface area (Å²) >= 11 is 0. The predicted octanol–water partition coefficient (Wildman–Crippen LogP) is 0.794. The molecule has 0 aromatic carbocycles. The number of carboxylic acid groups (broad SMARTS) is 1. The summed E-state index contributed by atoms with van der Waals surface area (Å²) < 4.78 is 1.60. The zero-order valence-electron chi connectivity index (χ0n) is 15.0. The van der Waals surface area contributed by atoms with E-state index >= 15 is 0 Å². The van der Waals surface area contributed by atoms with E-state index in [1.807, 2.05) is 4.90 Å². The van der Waals surface area contributed by atoms with Gasteiger partial charge in [0.05, 0.1) is 5.92 Å². The van der Waals surface area contributed by atoms with Crippen LogP contribution < -0.4 is 0 Å². The molecule has 2 aliphatic heterocycles. The Morgan fingerprint density at radius 3 is 2.65 bits per heavy atom. The first-order valence-corrected chi connectivity index (χ1v) is 9.32. The molecule has 1 unspecified atom stereocenters. The molecular weight excluding hydrogens is 336 g/mol. The zero-order valence-corrected chi connectivity index (χ0v) is 15.0. The Morgan fingerprint density at radius 2 is 1.96 bits per heavy atom. The van der Waals surface area contributed by atoms with Gasteiger partial charge < -0.3 is 14.9 Å². The van der Waals surface area contributed by atoms with Gasteiger partial charge >= 0.3 is 5.97 Å². The van der Waals surface area contributed by atoms with Gasteiger partial charge in [-0.05, 0) is 12.8 Å². The smallest absolute Gasteiger partial charge is 0.356 e. The summed E-state index contributed by atoms with van der Waals surface area (Å²) in [6.45, 7) is 1.31. The van der Waals surface area contributed by atoms with Crippen molar-refractivity contribution < 1.29 is 19.5 Å². The second kappa shape index (κ2) is 6.41. The Morgan fingerprint density at radius 1 is 1.23 bits per heavy atom. The minimum absolute atomic E-state index is 0.0232. The maximum absolute atomic E-state index is 13.0. The van der Waals surface area contributed by atoms with Gasteiger partial charge in [0.1, 0.15) is 0 Å². The first kappa shape index (κ1) is 17.1. The molecule has 8 heteroatoms. The minimum Gasteiger partial charge on any atom is -0.476 e. The Hall–Kier alpha value is -2.38. The predicted molar refractivity (Wildman–Crippen MR) is 91.4 cm³/mol. The van der Waals surface area contributed by atoms with E-state index in [-0.39, 0.29) is 36.4 Å². The van der Waals surface area contributed by atoms with Gasteiger partial charge in [0, 0.05) is 56.8 Å². The van der Waals surface area contributed by atoms with E-state index in [0.29, 0.717) is 31.1 Å². The number of likely N-dealkylation sites (tertiary alicyclic amines) is 1. The summed E-state index contributed by atoms with van der Waals surface area (Å²) in [6, 6.07) is 0.296. The van der Waals surface area contributed by atoms with Crippen molar-refractivity contribution in [3.8, 4) is 0 Å². The van der Waals surface area contributed by atoms with Gasteiger partial charge in [-0.15, -0.1) is 0 Å². The highest BCUT2D eigenvalue weighted by molar-refractivity contribution is 5.90. The largest absolute Gasteiger partial charge is 0.476 e. The molecule has 1 aromatic rings. The maximum Gasteiger partial charge on any atom is 0.356 e. The summed E-state index contributed by atoms with van der Waals surface area (Å²) in [6.07, 6.45) is 5.25. The number of carbonyl (C=O) groups is 3. The van der Waals surface area contributed by atoms with Crippen LogP contribution in [0.3, 0.4) is 0 Å². The fourth-order valence-corrected chi connectivity index (χ4v) is 4.68. The van der Waals surface area contributed by atoms with Gasteiger partial charge in [0.2, 0.25) is 11.8 Å². The Bertz CT molecular complexity index is 765. The number of carbonyl (C=O) groups excluding carboxylic acids is 2. The topological polar surface area (TPSA) is 95.7 Å². The van der Waals surface area contributed by atoms with Gasteiger partial charge in [0.15, 0.2) is 5.69 Å². The summed E-state index contributed by atoms with van der Waals surface area (Å²) in [5.41, 5.74) is 1.52. The molecule has 2 amide bonds. The number of hydrogen-bond donors (Lipinski definition) is 1. The van der Waals surface area contributed by atoms with Gasteiger partial charge in [-0.3, -0.25) is 14.3 Å². The number of aromatic carboxylic acids is 1. The van der Waals surface area contributed by atoms with Crippen LogP contribution in [0.25, 0.3) is 0 Å². The van der Waals surface area contributed by atoms with E-state index < -0.39 is 5.97 Å². The second-order valence-corrected chi connectivity index (χ2v) is 7.60. The van der Waals surface area contributed by atoms with Crippen molar-refractivity contribution in [1.29, 1.82) is 0 Å². The van der Waals surface area contributed by atoms with Crippen LogP contribution in [0.2, 0.25) is 0 Å². The van der Waals surface area contributed by atoms with Crippen LogP contribution in [0.1, 0.15) is 53.8 Å². The number of hydrogen-bond acceptors (Lipinski definition) is 4. The average Bonchev–Trinajstić information content (AvgIpc) is 3.33. The van der Waals surface area contributed by atoms with Crippen molar-refractivity contribution in [2.24, 2.45) is 13.0 Å². The van der Waals surface area contributed by atoms with Crippen molar-refractivity contribution in [2.45, 2.75) is 51.1 Å². The highest BCUT2D eigenvalue weighted by atomic mass is 16.4. The molecule has 26 heavy (non-hydrogen) atoms. The summed E-state index contributed by atoms with van der Waals surface area (Å²) in [4.78, 5) is 40.4. The highest BCUT2D eigenvalue weighted by Crippen LogP contribution is 2.31. The lowest BCUT2D eigenvalue weighted by molar-refractivity contribution is -0.136. The second-order valence-electron chi connectivity index (χ2n) is 7.60.